The van der Waals surface area contributed by atoms with Crippen molar-refractivity contribution in [2.75, 3.05) is 0 Å². The van der Waals surface area contributed by atoms with E-state index in [1.54, 1.807) is 0 Å². The van der Waals surface area contributed by atoms with E-state index in [0.29, 0.717) is 0 Å². The Balaban J connectivity index is 2.95. The standard InChI is InChI=1S/C9H8ClFO3/c10-6-2-3-7(12)5(9(6)11)1-4-8(13)14/h2-3,12H,1,4H2,(H,13,14). The molecule has 0 aromatic heterocycles. The van der Waals surface area contributed by atoms with Gasteiger partial charge in [0.15, 0.2) is 0 Å². The maximum absolute atomic E-state index is 13.2. The molecule has 0 fully saturated rings. The summed E-state index contributed by atoms with van der Waals surface area (Å²) in [6.07, 6.45) is -0.321. The Hall–Kier alpha value is -1.29. The number of aliphatic carboxylic acids is 1. The number of carboxylic acids is 1. The first-order valence-corrected chi connectivity index (χ1v) is 4.28. The SMILES string of the molecule is O=C(O)CCc1c(O)ccc(Cl)c1F. The van der Waals surface area contributed by atoms with Gasteiger partial charge in [0.1, 0.15) is 11.6 Å². The Morgan fingerprint density at radius 3 is 2.71 bits per heavy atom. The van der Waals surface area contributed by atoms with Crippen molar-refractivity contribution in [3.05, 3.63) is 28.5 Å². The van der Waals surface area contributed by atoms with Crippen molar-refractivity contribution in [2.45, 2.75) is 12.8 Å². The third-order valence-electron chi connectivity index (χ3n) is 1.76. The molecule has 1 aromatic rings. The second-order valence-electron chi connectivity index (χ2n) is 2.75. The van der Waals surface area contributed by atoms with Gasteiger partial charge in [-0.05, 0) is 18.6 Å². The van der Waals surface area contributed by atoms with Crippen LogP contribution in [0.4, 0.5) is 4.39 Å². The number of halogens is 2. The molecule has 14 heavy (non-hydrogen) atoms. The number of benzene rings is 1. The molecule has 2 N–H and O–H groups in total. The maximum Gasteiger partial charge on any atom is 0.303 e. The van der Waals surface area contributed by atoms with E-state index in [9.17, 15) is 14.3 Å². The van der Waals surface area contributed by atoms with E-state index in [1.807, 2.05) is 0 Å². The molecule has 0 spiro atoms. The highest BCUT2D eigenvalue weighted by Crippen LogP contribution is 2.27. The predicted octanol–water partition coefficient (Wildman–Crippen LogP) is 2.20. The molecule has 0 aliphatic carbocycles. The molecule has 0 aliphatic heterocycles. The van der Waals surface area contributed by atoms with Crippen LogP contribution in [0.2, 0.25) is 5.02 Å². The van der Waals surface area contributed by atoms with Crippen molar-refractivity contribution < 1.29 is 19.4 Å². The monoisotopic (exact) mass is 218 g/mol. The van der Waals surface area contributed by atoms with Gasteiger partial charge in [0.2, 0.25) is 0 Å². The molecule has 0 saturated heterocycles. The number of carbonyl (C=O) groups is 1. The second-order valence-corrected chi connectivity index (χ2v) is 3.16. The number of hydrogen-bond acceptors (Lipinski definition) is 2. The van der Waals surface area contributed by atoms with E-state index < -0.39 is 11.8 Å². The first kappa shape index (κ1) is 10.8. The van der Waals surface area contributed by atoms with Gasteiger partial charge in [0.05, 0.1) is 5.02 Å². The number of carboxylic acid groups (broad SMARTS) is 1. The average molecular weight is 219 g/mol. The van der Waals surface area contributed by atoms with Crippen molar-refractivity contribution in [3.8, 4) is 5.75 Å². The Kier molecular flexibility index (Phi) is 3.30. The van der Waals surface area contributed by atoms with Crippen LogP contribution in [-0.4, -0.2) is 16.2 Å². The fraction of sp³-hybridized carbons (Fsp3) is 0.222. The molecule has 1 aromatic carbocycles. The summed E-state index contributed by atoms with van der Waals surface area (Å²) in [5.74, 6) is -2.08. The summed E-state index contributed by atoms with van der Waals surface area (Å²) < 4.78 is 13.2. The minimum Gasteiger partial charge on any atom is -0.508 e. The van der Waals surface area contributed by atoms with E-state index in [2.05, 4.69) is 0 Å². The zero-order valence-corrected chi connectivity index (χ0v) is 7.88. The fourth-order valence-corrected chi connectivity index (χ4v) is 1.23. The van der Waals surface area contributed by atoms with E-state index in [-0.39, 0.29) is 29.2 Å². The quantitative estimate of drug-likeness (QED) is 0.818. The molecule has 76 valence electrons. The predicted molar refractivity (Wildman–Crippen MR) is 49.0 cm³/mol. The molecular weight excluding hydrogens is 211 g/mol. The summed E-state index contributed by atoms with van der Waals surface area (Å²) >= 11 is 5.47. The normalized spacial score (nSPS) is 10.1. The van der Waals surface area contributed by atoms with Crippen LogP contribution in [0.1, 0.15) is 12.0 Å². The highest BCUT2D eigenvalue weighted by molar-refractivity contribution is 6.30. The molecule has 3 nitrogen and oxygen atoms in total. The van der Waals surface area contributed by atoms with Crippen LogP contribution in [0.5, 0.6) is 5.75 Å². The number of phenolic OH excluding ortho intramolecular Hbond substituents is 1. The zero-order valence-electron chi connectivity index (χ0n) is 7.13. The number of rotatable bonds is 3. The largest absolute Gasteiger partial charge is 0.508 e. The van der Waals surface area contributed by atoms with Crippen LogP contribution in [-0.2, 0) is 11.2 Å². The van der Waals surface area contributed by atoms with Gasteiger partial charge in [0.25, 0.3) is 0 Å². The molecule has 1 rings (SSSR count). The number of hydrogen-bond donors (Lipinski definition) is 2. The van der Waals surface area contributed by atoms with Gasteiger partial charge < -0.3 is 10.2 Å². The first-order valence-electron chi connectivity index (χ1n) is 3.90. The molecular formula is C9H8ClFO3. The molecule has 0 saturated carbocycles. The molecule has 0 aliphatic rings. The van der Waals surface area contributed by atoms with Crippen LogP contribution in [0.15, 0.2) is 12.1 Å². The maximum atomic E-state index is 13.2. The topological polar surface area (TPSA) is 57.5 Å². The molecule has 0 amide bonds. The fourth-order valence-electron chi connectivity index (χ4n) is 1.05. The molecule has 5 heteroatoms. The molecule has 0 bridgehead atoms. The Bertz CT molecular complexity index is 365. The van der Waals surface area contributed by atoms with Crippen molar-refractivity contribution in [1.82, 2.24) is 0 Å². The lowest BCUT2D eigenvalue weighted by Gasteiger charge is -2.05. The van der Waals surface area contributed by atoms with E-state index in [1.165, 1.54) is 12.1 Å². The molecule has 0 radical (unpaired) electrons. The minimum atomic E-state index is -1.05. The summed E-state index contributed by atoms with van der Waals surface area (Å²) in [7, 11) is 0. The van der Waals surface area contributed by atoms with E-state index in [0.717, 1.165) is 0 Å². The lowest BCUT2D eigenvalue weighted by molar-refractivity contribution is -0.136. The third-order valence-corrected chi connectivity index (χ3v) is 2.05. The Morgan fingerprint density at radius 2 is 2.14 bits per heavy atom. The summed E-state index contributed by atoms with van der Waals surface area (Å²) in [5.41, 5.74) is -0.0556. The van der Waals surface area contributed by atoms with Crippen molar-refractivity contribution in [2.24, 2.45) is 0 Å². The second kappa shape index (κ2) is 4.28. The number of phenols is 1. The van der Waals surface area contributed by atoms with Gasteiger partial charge >= 0.3 is 5.97 Å². The summed E-state index contributed by atoms with van der Waals surface area (Å²) in [4.78, 5) is 10.2. The zero-order chi connectivity index (χ0) is 10.7. The van der Waals surface area contributed by atoms with Crippen LogP contribution >= 0.6 is 11.6 Å². The van der Waals surface area contributed by atoms with Gasteiger partial charge in [0, 0.05) is 12.0 Å². The average Bonchev–Trinajstić information content (AvgIpc) is 2.11. The van der Waals surface area contributed by atoms with Crippen LogP contribution in [0.25, 0.3) is 0 Å². The van der Waals surface area contributed by atoms with Gasteiger partial charge in [-0.3, -0.25) is 4.79 Å². The first-order chi connectivity index (χ1) is 6.52. The minimum absolute atomic E-state index is 0.0556. The summed E-state index contributed by atoms with van der Waals surface area (Å²) in [6, 6.07) is 2.46. The van der Waals surface area contributed by atoms with Crippen LogP contribution < -0.4 is 0 Å². The van der Waals surface area contributed by atoms with Crippen molar-refractivity contribution >= 4 is 17.6 Å². The van der Waals surface area contributed by atoms with Crippen LogP contribution in [0, 0.1) is 5.82 Å². The highest BCUT2D eigenvalue weighted by Gasteiger charge is 2.12. The molecule has 0 unspecified atom stereocenters. The summed E-state index contributed by atoms with van der Waals surface area (Å²) in [5, 5.41) is 17.5. The lowest BCUT2D eigenvalue weighted by Crippen LogP contribution is -2.00. The van der Waals surface area contributed by atoms with E-state index in [4.69, 9.17) is 16.7 Å². The molecule has 0 heterocycles. The van der Waals surface area contributed by atoms with Gasteiger partial charge in [-0.25, -0.2) is 4.39 Å². The number of aromatic hydroxyl groups is 1. The van der Waals surface area contributed by atoms with Gasteiger partial charge in [-0.1, -0.05) is 11.6 Å². The lowest BCUT2D eigenvalue weighted by atomic mass is 10.1. The highest BCUT2D eigenvalue weighted by atomic mass is 35.5. The summed E-state index contributed by atoms with van der Waals surface area (Å²) in [6.45, 7) is 0. The Labute approximate surface area is 84.7 Å². The molecule has 0 atom stereocenters. The van der Waals surface area contributed by atoms with Gasteiger partial charge in [-0.2, -0.15) is 0 Å². The van der Waals surface area contributed by atoms with E-state index >= 15 is 0 Å². The van der Waals surface area contributed by atoms with Gasteiger partial charge in [-0.15, -0.1) is 0 Å². The third kappa shape index (κ3) is 2.35. The van der Waals surface area contributed by atoms with Crippen molar-refractivity contribution in [1.29, 1.82) is 0 Å². The smallest absolute Gasteiger partial charge is 0.303 e. The van der Waals surface area contributed by atoms with Crippen LogP contribution in [0.3, 0.4) is 0 Å². The van der Waals surface area contributed by atoms with Crippen molar-refractivity contribution in [3.63, 3.8) is 0 Å². The Morgan fingerprint density at radius 1 is 1.50 bits per heavy atom.